The number of hydrogen-bond donors (Lipinski definition) is 1. The molecule has 2 fully saturated rings. The zero-order chi connectivity index (χ0) is 21.7. The Morgan fingerprint density at radius 1 is 1.23 bits per heavy atom. The van der Waals surface area contributed by atoms with Crippen molar-refractivity contribution in [2.75, 3.05) is 6.54 Å². The minimum absolute atomic E-state index is 0.0588. The number of halogens is 3. The highest BCUT2D eigenvalue weighted by Crippen LogP contribution is 2.41. The van der Waals surface area contributed by atoms with Crippen LogP contribution in [-0.4, -0.2) is 50.6 Å². The Kier molecular flexibility index (Phi) is 4.88. The number of urea groups is 1. The van der Waals surface area contributed by atoms with Gasteiger partial charge in [0.2, 0.25) is 11.7 Å². The van der Waals surface area contributed by atoms with Gasteiger partial charge in [-0.2, -0.15) is 0 Å². The molecule has 0 unspecified atom stereocenters. The Labute approximate surface area is 173 Å². The van der Waals surface area contributed by atoms with Gasteiger partial charge in [0.15, 0.2) is 5.01 Å². The predicted molar refractivity (Wildman–Crippen MR) is 101 cm³/mol. The summed E-state index contributed by atoms with van der Waals surface area (Å²) in [6, 6.07) is 0.489. The molecule has 2 aromatic rings. The van der Waals surface area contributed by atoms with Gasteiger partial charge in [0.25, 0.3) is 5.91 Å². The summed E-state index contributed by atoms with van der Waals surface area (Å²) in [6.07, 6.45) is 1.14. The van der Waals surface area contributed by atoms with E-state index in [1.165, 1.54) is 12.3 Å². The number of amides is 3. The van der Waals surface area contributed by atoms with Gasteiger partial charge in [-0.25, -0.2) is 22.9 Å². The van der Waals surface area contributed by atoms with E-state index in [0.29, 0.717) is 16.1 Å². The second-order valence-electron chi connectivity index (χ2n) is 7.51. The van der Waals surface area contributed by atoms with Crippen molar-refractivity contribution in [3.63, 3.8) is 0 Å². The topological polar surface area (TPSA) is 92.3 Å². The Bertz CT molecular complexity index is 1050. The molecule has 1 saturated heterocycles. The molecule has 1 saturated carbocycles. The zero-order valence-corrected chi connectivity index (χ0v) is 16.7. The van der Waals surface area contributed by atoms with E-state index in [1.54, 1.807) is 6.92 Å². The van der Waals surface area contributed by atoms with Crippen LogP contribution in [0.3, 0.4) is 0 Å². The number of nitrogens with zero attached hydrogens (tertiary/aromatic N) is 3. The van der Waals surface area contributed by atoms with Crippen molar-refractivity contribution in [1.82, 2.24) is 20.2 Å². The van der Waals surface area contributed by atoms with Crippen LogP contribution in [0.2, 0.25) is 0 Å². The molecule has 0 atom stereocenters. The predicted octanol–water partition coefficient (Wildman–Crippen LogP) is 3.34. The van der Waals surface area contributed by atoms with E-state index < -0.39 is 54.4 Å². The summed E-state index contributed by atoms with van der Waals surface area (Å²) in [5, 5.41) is 2.56. The fraction of sp³-hybridized carbons (Fsp3) is 0.421. The highest BCUT2D eigenvalue weighted by Gasteiger charge is 2.55. The number of imide groups is 1. The van der Waals surface area contributed by atoms with E-state index in [9.17, 15) is 27.6 Å². The lowest BCUT2D eigenvalue weighted by Gasteiger charge is -2.34. The number of carbonyl (C=O) groups excluding carboxylic acids is 3. The van der Waals surface area contributed by atoms with Crippen molar-refractivity contribution in [2.24, 2.45) is 0 Å². The summed E-state index contributed by atoms with van der Waals surface area (Å²) < 4.78 is 40.4. The first-order valence-corrected chi connectivity index (χ1v) is 10.1. The van der Waals surface area contributed by atoms with E-state index in [1.807, 2.05) is 0 Å². The van der Waals surface area contributed by atoms with Gasteiger partial charge in [0, 0.05) is 24.6 Å². The van der Waals surface area contributed by atoms with Gasteiger partial charge in [-0.15, -0.1) is 11.3 Å². The molecular weight excluding hydrogens is 421 g/mol. The van der Waals surface area contributed by atoms with Crippen molar-refractivity contribution in [1.29, 1.82) is 0 Å². The van der Waals surface area contributed by atoms with E-state index in [4.69, 9.17) is 0 Å². The fourth-order valence-electron chi connectivity index (χ4n) is 3.73. The number of Topliss-reactive ketones (excluding diaryl/α,β-unsaturated/α-hetero) is 1. The number of thiazole rings is 1. The normalized spacial score (nSPS) is 19.9. The van der Waals surface area contributed by atoms with Gasteiger partial charge in [0.05, 0.1) is 23.3 Å². The molecular formula is C19H17F3N4O3S. The molecule has 1 N–H and O–H groups in total. The second-order valence-corrected chi connectivity index (χ2v) is 8.51. The highest BCUT2D eigenvalue weighted by atomic mass is 32.1. The van der Waals surface area contributed by atoms with Crippen LogP contribution in [0.15, 0.2) is 18.5 Å². The summed E-state index contributed by atoms with van der Waals surface area (Å²) in [5.74, 6) is -4.63. The van der Waals surface area contributed by atoms with Crippen LogP contribution in [0.25, 0.3) is 10.4 Å². The molecule has 1 aliphatic heterocycles. The molecule has 3 amide bonds. The largest absolute Gasteiger partial charge is 0.325 e. The van der Waals surface area contributed by atoms with Crippen LogP contribution in [0.5, 0.6) is 0 Å². The molecule has 4 rings (SSSR count). The van der Waals surface area contributed by atoms with Crippen LogP contribution < -0.4 is 5.32 Å². The van der Waals surface area contributed by atoms with Gasteiger partial charge in [-0.3, -0.25) is 19.5 Å². The maximum absolute atomic E-state index is 13.5. The first kappa shape index (κ1) is 20.5. The summed E-state index contributed by atoms with van der Waals surface area (Å²) in [6.45, 7) is 1.11. The maximum atomic E-state index is 13.5. The Hall–Kier alpha value is -2.82. The Morgan fingerprint density at radius 2 is 1.93 bits per heavy atom. The molecule has 0 bridgehead atoms. The van der Waals surface area contributed by atoms with E-state index in [0.717, 1.165) is 22.4 Å². The number of ketones is 1. The second kappa shape index (κ2) is 7.15. The minimum Gasteiger partial charge on any atom is -0.323 e. The van der Waals surface area contributed by atoms with Crippen molar-refractivity contribution in [2.45, 2.75) is 44.1 Å². The van der Waals surface area contributed by atoms with Crippen molar-refractivity contribution in [3.8, 4) is 10.4 Å². The quantitative estimate of drug-likeness (QED) is 0.584. The third-order valence-electron chi connectivity index (χ3n) is 5.38. The summed E-state index contributed by atoms with van der Waals surface area (Å²) in [5.41, 5.74) is -0.434. The van der Waals surface area contributed by atoms with Gasteiger partial charge in [-0.1, -0.05) is 0 Å². The summed E-state index contributed by atoms with van der Waals surface area (Å²) in [4.78, 5) is 47.0. The van der Waals surface area contributed by atoms with Crippen molar-refractivity contribution >= 4 is 29.1 Å². The number of carbonyl (C=O) groups is 3. The molecule has 11 heteroatoms. The van der Waals surface area contributed by atoms with E-state index in [-0.39, 0.29) is 17.8 Å². The third kappa shape index (κ3) is 3.57. The Balaban J connectivity index is 1.51. The van der Waals surface area contributed by atoms with Crippen LogP contribution in [0, 0.1) is 12.7 Å². The average molecular weight is 438 g/mol. The fourth-order valence-corrected chi connectivity index (χ4v) is 4.71. The molecule has 1 aliphatic carbocycles. The van der Waals surface area contributed by atoms with Crippen LogP contribution in [0.4, 0.5) is 18.0 Å². The van der Waals surface area contributed by atoms with Crippen LogP contribution in [-0.2, 0) is 4.79 Å². The molecule has 2 aliphatic rings. The lowest BCUT2D eigenvalue weighted by molar-refractivity contribution is -0.135. The number of nitrogens with one attached hydrogen (secondary N) is 1. The molecule has 0 radical (unpaired) electrons. The molecule has 3 heterocycles. The lowest BCUT2D eigenvalue weighted by atomic mass is 9.80. The van der Waals surface area contributed by atoms with Gasteiger partial charge >= 0.3 is 6.03 Å². The molecule has 30 heavy (non-hydrogen) atoms. The van der Waals surface area contributed by atoms with Crippen molar-refractivity contribution in [3.05, 3.63) is 35.0 Å². The van der Waals surface area contributed by atoms with E-state index in [2.05, 4.69) is 15.3 Å². The molecule has 1 spiro atoms. The average Bonchev–Trinajstić information content (AvgIpc) is 3.18. The van der Waals surface area contributed by atoms with Crippen LogP contribution in [0.1, 0.15) is 41.2 Å². The number of hydrogen-bond acceptors (Lipinski definition) is 6. The minimum atomic E-state index is -2.86. The first-order chi connectivity index (χ1) is 14.1. The standard InChI is InChI=1S/C19H17F3N4O3S/c1-10-14(11-6-12(20)8-23-7-11)30-15(24-10)13(27)9-26-16(28)18(25-17(26)29)2-4-19(21,22)5-3-18/h6-8H,2-5,9H2,1H3,(H,25,29). The van der Waals surface area contributed by atoms with Gasteiger partial charge in [0.1, 0.15) is 11.4 Å². The zero-order valence-electron chi connectivity index (χ0n) is 15.9. The molecule has 7 nitrogen and oxygen atoms in total. The highest BCUT2D eigenvalue weighted by molar-refractivity contribution is 7.17. The number of aryl methyl sites for hydroxylation is 1. The molecule has 2 aromatic heterocycles. The van der Waals surface area contributed by atoms with Crippen LogP contribution >= 0.6 is 11.3 Å². The van der Waals surface area contributed by atoms with Crippen molar-refractivity contribution < 1.29 is 27.6 Å². The number of pyridine rings is 1. The lowest BCUT2D eigenvalue weighted by Crippen LogP contribution is -2.51. The van der Waals surface area contributed by atoms with E-state index >= 15 is 0 Å². The summed E-state index contributed by atoms with van der Waals surface area (Å²) >= 11 is 1.01. The third-order valence-corrected chi connectivity index (χ3v) is 6.63. The molecule has 158 valence electrons. The maximum Gasteiger partial charge on any atom is 0.325 e. The number of rotatable bonds is 4. The molecule has 0 aromatic carbocycles. The Morgan fingerprint density at radius 3 is 2.60 bits per heavy atom. The van der Waals surface area contributed by atoms with Gasteiger partial charge in [-0.05, 0) is 25.8 Å². The number of alkyl halides is 2. The SMILES string of the molecule is Cc1nc(C(=O)CN2C(=O)NC3(CCC(F)(F)CC3)C2=O)sc1-c1cncc(F)c1. The monoisotopic (exact) mass is 438 g/mol. The smallest absolute Gasteiger partial charge is 0.323 e. The first-order valence-electron chi connectivity index (χ1n) is 9.24. The summed E-state index contributed by atoms with van der Waals surface area (Å²) in [7, 11) is 0. The van der Waals surface area contributed by atoms with Gasteiger partial charge < -0.3 is 5.32 Å². The number of aromatic nitrogens is 2.